The lowest BCUT2D eigenvalue weighted by Crippen LogP contribution is -2.37. The van der Waals surface area contributed by atoms with E-state index in [2.05, 4.69) is 10.3 Å². The monoisotopic (exact) mass is 233 g/mol. The van der Waals surface area contributed by atoms with Gasteiger partial charge >= 0.3 is 0 Å². The van der Waals surface area contributed by atoms with Crippen LogP contribution in [-0.4, -0.2) is 33.0 Å². The Morgan fingerprint density at radius 3 is 3.06 bits per heavy atom. The molecule has 2 rings (SSSR count). The summed E-state index contributed by atoms with van der Waals surface area (Å²) in [6, 6.07) is 5.36. The Kier molecular flexibility index (Phi) is 3.39. The highest BCUT2D eigenvalue weighted by atomic mass is 16.3. The van der Waals surface area contributed by atoms with E-state index in [0.717, 1.165) is 5.65 Å². The van der Waals surface area contributed by atoms with E-state index >= 15 is 0 Å². The summed E-state index contributed by atoms with van der Waals surface area (Å²) in [5, 5.41) is 11.8. The highest BCUT2D eigenvalue weighted by Crippen LogP contribution is 2.04. The molecule has 0 aliphatic heterocycles. The van der Waals surface area contributed by atoms with Gasteiger partial charge in [0.15, 0.2) is 0 Å². The number of aliphatic hydroxyl groups is 1. The van der Waals surface area contributed by atoms with Crippen molar-refractivity contribution >= 4 is 11.6 Å². The summed E-state index contributed by atoms with van der Waals surface area (Å²) < 4.78 is 1.79. The summed E-state index contributed by atoms with van der Waals surface area (Å²) in [7, 11) is 0. The van der Waals surface area contributed by atoms with E-state index in [4.69, 9.17) is 5.11 Å². The summed E-state index contributed by atoms with van der Waals surface area (Å²) in [6.07, 6.45) is 4.20. The van der Waals surface area contributed by atoms with Crippen LogP contribution in [0.15, 0.2) is 30.6 Å². The molecule has 1 amide bonds. The Morgan fingerprint density at radius 1 is 1.59 bits per heavy atom. The molecule has 0 bridgehead atoms. The van der Waals surface area contributed by atoms with Crippen molar-refractivity contribution in [2.24, 2.45) is 0 Å². The molecule has 2 heterocycles. The van der Waals surface area contributed by atoms with Crippen LogP contribution in [0.4, 0.5) is 0 Å². The molecule has 0 fully saturated rings. The SMILES string of the molecule is CC[C@H](CO)NC(=O)c1cn2ccccc2n1. The second-order valence-electron chi connectivity index (χ2n) is 3.85. The first kappa shape index (κ1) is 11.6. The van der Waals surface area contributed by atoms with Gasteiger partial charge in [-0.2, -0.15) is 0 Å². The summed E-state index contributed by atoms with van der Waals surface area (Å²) in [5.74, 6) is -0.255. The first-order valence-corrected chi connectivity index (χ1v) is 5.60. The van der Waals surface area contributed by atoms with Crippen LogP contribution >= 0.6 is 0 Å². The largest absolute Gasteiger partial charge is 0.394 e. The molecule has 0 aliphatic carbocycles. The Balaban J connectivity index is 2.19. The lowest BCUT2D eigenvalue weighted by atomic mass is 10.2. The molecule has 2 aromatic heterocycles. The average Bonchev–Trinajstić information content (AvgIpc) is 2.79. The van der Waals surface area contributed by atoms with Crippen molar-refractivity contribution in [3.8, 4) is 0 Å². The molecule has 17 heavy (non-hydrogen) atoms. The molecule has 2 aromatic rings. The highest BCUT2D eigenvalue weighted by molar-refractivity contribution is 5.93. The molecular weight excluding hydrogens is 218 g/mol. The van der Waals surface area contributed by atoms with Gasteiger partial charge in [-0.15, -0.1) is 0 Å². The topological polar surface area (TPSA) is 66.6 Å². The second-order valence-corrected chi connectivity index (χ2v) is 3.85. The number of hydrogen-bond acceptors (Lipinski definition) is 3. The fourth-order valence-electron chi connectivity index (χ4n) is 1.58. The first-order chi connectivity index (χ1) is 8.24. The molecule has 0 radical (unpaired) electrons. The van der Waals surface area contributed by atoms with Crippen LogP contribution in [0.1, 0.15) is 23.8 Å². The van der Waals surface area contributed by atoms with Crippen molar-refractivity contribution in [2.45, 2.75) is 19.4 Å². The maximum atomic E-state index is 11.8. The number of nitrogens with one attached hydrogen (secondary N) is 1. The molecule has 90 valence electrons. The molecule has 0 saturated heterocycles. The quantitative estimate of drug-likeness (QED) is 0.822. The van der Waals surface area contributed by atoms with Gasteiger partial charge in [-0.1, -0.05) is 13.0 Å². The van der Waals surface area contributed by atoms with Gasteiger partial charge in [0, 0.05) is 12.4 Å². The van der Waals surface area contributed by atoms with Gasteiger partial charge < -0.3 is 14.8 Å². The Bertz CT molecular complexity index is 484. The molecule has 5 heteroatoms. The summed E-state index contributed by atoms with van der Waals surface area (Å²) >= 11 is 0. The average molecular weight is 233 g/mol. The van der Waals surface area contributed by atoms with Crippen LogP contribution in [-0.2, 0) is 0 Å². The molecule has 0 aliphatic rings. The van der Waals surface area contributed by atoms with Crippen molar-refractivity contribution in [1.82, 2.24) is 14.7 Å². The van der Waals surface area contributed by atoms with Crippen molar-refractivity contribution < 1.29 is 9.90 Å². The molecule has 0 spiro atoms. The maximum absolute atomic E-state index is 11.8. The fraction of sp³-hybridized carbons (Fsp3) is 0.333. The molecule has 5 nitrogen and oxygen atoms in total. The minimum atomic E-state index is -0.255. The third-order valence-electron chi connectivity index (χ3n) is 2.65. The van der Waals surface area contributed by atoms with Gasteiger partial charge in [0.25, 0.3) is 5.91 Å². The van der Waals surface area contributed by atoms with E-state index in [1.807, 2.05) is 31.3 Å². The van der Waals surface area contributed by atoms with Gasteiger partial charge in [0.05, 0.1) is 12.6 Å². The second kappa shape index (κ2) is 4.97. The van der Waals surface area contributed by atoms with Gasteiger partial charge in [0.2, 0.25) is 0 Å². The van der Waals surface area contributed by atoms with E-state index in [1.54, 1.807) is 10.6 Å². The number of imidazole rings is 1. The van der Waals surface area contributed by atoms with E-state index in [1.165, 1.54) is 0 Å². The minimum absolute atomic E-state index is 0.0599. The summed E-state index contributed by atoms with van der Waals surface area (Å²) in [6.45, 7) is 1.85. The van der Waals surface area contributed by atoms with Crippen molar-refractivity contribution in [2.75, 3.05) is 6.61 Å². The van der Waals surface area contributed by atoms with Crippen LogP contribution in [0.25, 0.3) is 5.65 Å². The molecule has 1 atom stereocenters. The van der Waals surface area contributed by atoms with Crippen molar-refractivity contribution in [3.63, 3.8) is 0 Å². The normalized spacial score (nSPS) is 12.6. The number of amides is 1. The van der Waals surface area contributed by atoms with E-state index in [9.17, 15) is 4.79 Å². The maximum Gasteiger partial charge on any atom is 0.271 e. The minimum Gasteiger partial charge on any atom is -0.394 e. The number of aromatic nitrogens is 2. The van der Waals surface area contributed by atoms with E-state index in [0.29, 0.717) is 12.1 Å². The number of aliphatic hydroxyl groups excluding tert-OH is 1. The summed E-state index contributed by atoms with van der Waals surface area (Å²) in [4.78, 5) is 16.0. The number of nitrogens with zero attached hydrogens (tertiary/aromatic N) is 2. The zero-order valence-electron chi connectivity index (χ0n) is 9.63. The summed E-state index contributed by atoms with van der Waals surface area (Å²) in [5.41, 5.74) is 1.10. The van der Waals surface area contributed by atoms with Crippen LogP contribution in [0.3, 0.4) is 0 Å². The lowest BCUT2D eigenvalue weighted by Gasteiger charge is -2.12. The van der Waals surface area contributed by atoms with Gasteiger partial charge in [-0.05, 0) is 18.6 Å². The number of carbonyl (C=O) groups excluding carboxylic acids is 1. The zero-order chi connectivity index (χ0) is 12.3. The predicted octanol–water partition coefficient (Wildman–Crippen LogP) is 0.835. The predicted molar refractivity (Wildman–Crippen MR) is 63.8 cm³/mol. The van der Waals surface area contributed by atoms with Crippen LogP contribution < -0.4 is 5.32 Å². The van der Waals surface area contributed by atoms with Gasteiger partial charge in [-0.3, -0.25) is 4.79 Å². The van der Waals surface area contributed by atoms with Crippen LogP contribution in [0.5, 0.6) is 0 Å². The standard InChI is InChI=1S/C12H15N3O2/c1-2-9(8-16)13-12(17)10-7-15-6-4-3-5-11(15)14-10/h3-7,9,16H,2,8H2,1H3,(H,13,17)/t9-/m1/s1. The Labute approximate surface area is 99.1 Å². The first-order valence-electron chi connectivity index (χ1n) is 5.60. The third kappa shape index (κ3) is 2.45. The van der Waals surface area contributed by atoms with E-state index < -0.39 is 0 Å². The Hall–Kier alpha value is -1.88. The fourth-order valence-corrected chi connectivity index (χ4v) is 1.58. The lowest BCUT2D eigenvalue weighted by molar-refractivity contribution is 0.0910. The number of fused-ring (bicyclic) bond motifs is 1. The molecule has 2 N–H and O–H groups in total. The highest BCUT2D eigenvalue weighted by Gasteiger charge is 2.14. The van der Waals surface area contributed by atoms with Crippen molar-refractivity contribution in [3.05, 3.63) is 36.3 Å². The van der Waals surface area contributed by atoms with Crippen LogP contribution in [0.2, 0.25) is 0 Å². The third-order valence-corrected chi connectivity index (χ3v) is 2.65. The number of pyridine rings is 1. The molecule has 0 unspecified atom stereocenters. The number of carbonyl (C=O) groups is 1. The zero-order valence-corrected chi connectivity index (χ0v) is 9.63. The van der Waals surface area contributed by atoms with E-state index in [-0.39, 0.29) is 18.6 Å². The Morgan fingerprint density at radius 2 is 2.41 bits per heavy atom. The smallest absolute Gasteiger partial charge is 0.271 e. The number of rotatable bonds is 4. The van der Waals surface area contributed by atoms with Gasteiger partial charge in [-0.25, -0.2) is 4.98 Å². The molecule has 0 saturated carbocycles. The molecule has 0 aromatic carbocycles. The van der Waals surface area contributed by atoms with Crippen LogP contribution in [0, 0.1) is 0 Å². The number of hydrogen-bond donors (Lipinski definition) is 2. The molecular formula is C12H15N3O2. The van der Waals surface area contributed by atoms with Gasteiger partial charge in [0.1, 0.15) is 11.3 Å². The van der Waals surface area contributed by atoms with Crippen molar-refractivity contribution in [1.29, 1.82) is 0 Å².